The van der Waals surface area contributed by atoms with Crippen LogP contribution in [0.5, 0.6) is 0 Å². The van der Waals surface area contributed by atoms with Crippen molar-refractivity contribution in [3.63, 3.8) is 0 Å². The quantitative estimate of drug-likeness (QED) is 0.224. The lowest BCUT2D eigenvalue weighted by molar-refractivity contribution is -0.143. The van der Waals surface area contributed by atoms with Crippen LogP contribution < -0.4 is 15.4 Å². The van der Waals surface area contributed by atoms with Crippen molar-refractivity contribution >= 4 is 51.4 Å². The highest BCUT2D eigenvalue weighted by Gasteiger charge is 2.31. The molecule has 3 aromatic carbocycles. The monoisotopic (exact) mass is 562 g/mol. The van der Waals surface area contributed by atoms with Gasteiger partial charge < -0.3 is 24.8 Å². The highest BCUT2D eigenvalue weighted by atomic mass is 32.2. The molecule has 0 aliphatic heterocycles. The first-order valence-electron chi connectivity index (χ1n) is 12.3. The highest BCUT2D eigenvalue weighted by molar-refractivity contribution is 7.80. The van der Waals surface area contributed by atoms with E-state index in [2.05, 4.69) is 5.32 Å². The molecule has 11 heteroatoms. The molecule has 10 nitrogen and oxygen atoms in total. The van der Waals surface area contributed by atoms with Crippen molar-refractivity contribution in [2.75, 3.05) is 16.7 Å². The summed E-state index contributed by atoms with van der Waals surface area (Å²) in [5.74, 6) is -1.97. The fraction of sp³-hybridized carbons (Fsp3) is 0.207. The van der Waals surface area contributed by atoms with Gasteiger partial charge in [0.2, 0.25) is 5.91 Å². The molecule has 1 aromatic heterocycles. The van der Waals surface area contributed by atoms with E-state index in [0.29, 0.717) is 27.9 Å². The Kier molecular flexibility index (Phi) is 8.36. The number of furan rings is 1. The summed E-state index contributed by atoms with van der Waals surface area (Å²) in [6, 6.07) is 17.6. The van der Waals surface area contributed by atoms with E-state index in [4.69, 9.17) is 14.9 Å². The summed E-state index contributed by atoms with van der Waals surface area (Å²) < 4.78 is 35.6. The van der Waals surface area contributed by atoms with Crippen LogP contribution in [-0.4, -0.2) is 39.7 Å². The van der Waals surface area contributed by atoms with Gasteiger partial charge >= 0.3 is 5.97 Å². The lowest BCUT2D eigenvalue weighted by atomic mass is 10.0. The van der Waals surface area contributed by atoms with Crippen molar-refractivity contribution in [3.05, 3.63) is 83.6 Å². The Hall–Kier alpha value is -4.48. The van der Waals surface area contributed by atoms with Crippen LogP contribution in [0, 0.1) is 12.8 Å². The number of amides is 2. The van der Waals surface area contributed by atoms with E-state index < -0.39 is 35.1 Å². The molecule has 2 unspecified atom stereocenters. The predicted octanol–water partition coefficient (Wildman–Crippen LogP) is 4.56. The molecular weight excluding hydrogens is 534 g/mol. The molecule has 0 saturated heterocycles. The molecule has 40 heavy (non-hydrogen) atoms. The standard InChI is InChI=1S/C29H29N3O7S/c1-16(2)25(29(35)38-4)32(40(36)37)21-14-10-19(11-15-21)18-8-12-20(13-9-18)31-28(34)26-17(3)24-22(27(30)33)6-5-7-23(24)39-26/h5-16,25H,1-4H3,(H2,30,33)(H,31,34)(H,36,37)/p-1. The van der Waals surface area contributed by atoms with Crippen LogP contribution in [-0.2, 0) is 20.8 Å². The maximum absolute atomic E-state index is 13.0. The molecule has 2 amide bonds. The first kappa shape index (κ1) is 28.5. The van der Waals surface area contributed by atoms with Crippen molar-refractivity contribution in [2.45, 2.75) is 26.8 Å². The van der Waals surface area contributed by atoms with Gasteiger partial charge in [-0.2, -0.15) is 0 Å². The van der Waals surface area contributed by atoms with Crippen molar-refractivity contribution in [2.24, 2.45) is 11.7 Å². The van der Waals surface area contributed by atoms with Crippen LogP contribution in [0.1, 0.15) is 40.3 Å². The van der Waals surface area contributed by atoms with Crippen molar-refractivity contribution in [1.29, 1.82) is 0 Å². The van der Waals surface area contributed by atoms with E-state index in [1.807, 2.05) is 0 Å². The van der Waals surface area contributed by atoms with Crippen molar-refractivity contribution < 1.29 is 32.3 Å². The van der Waals surface area contributed by atoms with Crippen LogP contribution in [0.25, 0.3) is 22.1 Å². The molecule has 0 radical (unpaired) electrons. The van der Waals surface area contributed by atoms with Gasteiger partial charge in [0.25, 0.3) is 5.91 Å². The Morgan fingerprint density at radius 1 is 1.00 bits per heavy atom. The predicted molar refractivity (Wildman–Crippen MR) is 151 cm³/mol. The van der Waals surface area contributed by atoms with E-state index in [1.54, 1.807) is 87.5 Å². The number of benzene rings is 3. The summed E-state index contributed by atoms with van der Waals surface area (Å²) in [5.41, 5.74) is 9.11. The van der Waals surface area contributed by atoms with Gasteiger partial charge in [0.15, 0.2) is 5.76 Å². The lowest BCUT2D eigenvalue weighted by Gasteiger charge is -2.35. The number of carbonyl (C=O) groups is 3. The molecule has 1 heterocycles. The second kappa shape index (κ2) is 11.7. The van der Waals surface area contributed by atoms with Gasteiger partial charge in [-0.25, -0.2) is 4.79 Å². The summed E-state index contributed by atoms with van der Waals surface area (Å²) in [5, 5.41) is 3.30. The van der Waals surface area contributed by atoms with Gasteiger partial charge in [-0.1, -0.05) is 44.2 Å². The van der Waals surface area contributed by atoms with E-state index in [-0.39, 0.29) is 17.2 Å². The van der Waals surface area contributed by atoms with Gasteiger partial charge in [-0.15, -0.1) is 0 Å². The van der Waals surface area contributed by atoms with Crippen LogP contribution in [0.3, 0.4) is 0 Å². The Morgan fingerprint density at radius 2 is 1.60 bits per heavy atom. The summed E-state index contributed by atoms with van der Waals surface area (Å²) in [4.78, 5) is 37.0. The molecule has 4 aromatic rings. The Balaban J connectivity index is 1.53. The molecule has 208 valence electrons. The largest absolute Gasteiger partial charge is 0.755 e. The number of rotatable bonds is 9. The number of nitrogens with two attached hydrogens (primary N) is 1. The first-order valence-corrected chi connectivity index (χ1v) is 13.4. The van der Waals surface area contributed by atoms with Gasteiger partial charge in [0.05, 0.1) is 12.7 Å². The summed E-state index contributed by atoms with van der Waals surface area (Å²) >= 11 is -2.70. The SMILES string of the molecule is COC(=O)C(C(C)C)N(c1ccc(-c2ccc(NC(=O)c3oc4cccc(C(N)=O)c4c3C)cc2)cc1)S(=O)[O-]. The summed E-state index contributed by atoms with van der Waals surface area (Å²) in [6.07, 6.45) is 0. The second-order valence-corrected chi connectivity index (χ2v) is 10.3. The third kappa shape index (κ3) is 5.61. The van der Waals surface area contributed by atoms with E-state index >= 15 is 0 Å². The van der Waals surface area contributed by atoms with Crippen molar-refractivity contribution in [1.82, 2.24) is 0 Å². The average molecular weight is 563 g/mol. The molecule has 2 atom stereocenters. The number of anilines is 2. The highest BCUT2D eigenvalue weighted by Crippen LogP contribution is 2.30. The number of hydrogen-bond acceptors (Lipinski definition) is 7. The number of fused-ring (bicyclic) bond motifs is 1. The fourth-order valence-corrected chi connectivity index (χ4v) is 5.37. The lowest BCUT2D eigenvalue weighted by Crippen LogP contribution is -2.46. The number of hydrogen-bond donors (Lipinski definition) is 2. The van der Waals surface area contributed by atoms with Crippen LogP contribution in [0.4, 0.5) is 11.4 Å². The Labute approximate surface area is 233 Å². The second-order valence-electron chi connectivity index (χ2n) is 9.43. The van der Waals surface area contributed by atoms with E-state index in [0.717, 1.165) is 15.4 Å². The zero-order valence-electron chi connectivity index (χ0n) is 22.3. The number of nitrogens with one attached hydrogen (secondary N) is 1. The number of primary amides is 1. The zero-order valence-corrected chi connectivity index (χ0v) is 23.1. The molecule has 0 aliphatic carbocycles. The number of esters is 1. The first-order chi connectivity index (χ1) is 19.0. The maximum Gasteiger partial charge on any atom is 0.329 e. The maximum atomic E-state index is 13.0. The van der Waals surface area contributed by atoms with Crippen LogP contribution in [0.2, 0.25) is 0 Å². The third-order valence-corrected chi connectivity index (χ3v) is 7.27. The number of ether oxygens (including phenoxy) is 1. The third-order valence-electron chi connectivity index (χ3n) is 6.51. The van der Waals surface area contributed by atoms with E-state index in [9.17, 15) is 23.1 Å². The average Bonchev–Trinajstić information content (AvgIpc) is 3.28. The normalized spacial score (nSPS) is 12.7. The number of methoxy groups -OCH3 is 1. The van der Waals surface area contributed by atoms with Gasteiger partial charge in [0, 0.05) is 33.6 Å². The van der Waals surface area contributed by atoms with Gasteiger partial charge in [-0.05, 0) is 60.4 Å². The molecule has 0 fully saturated rings. The van der Waals surface area contributed by atoms with Crippen molar-refractivity contribution in [3.8, 4) is 11.1 Å². The molecule has 0 saturated carbocycles. The fourth-order valence-electron chi connectivity index (χ4n) is 4.56. The molecule has 3 N–H and O–H groups in total. The minimum Gasteiger partial charge on any atom is -0.755 e. The molecule has 4 rings (SSSR count). The molecule has 0 spiro atoms. The van der Waals surface area contributed by atoms with Crippen LogP contribution in [0.15, 0.2) is 71.1 Å². The number of carbonyl (C=O) groups excluding carboxylic acids is 3. The molecule has 0 bridgehead atoms. The summed E-state index contributed by atoms with van der Waals surface area (Å²) in [7, 11) is 1.22. The van der Waals surface area contributed by atoms with Crippen LogP contribution >= 0.6 is 0 Å². The summed E-state index contributed by atoms with van der Waals surface area (Å²) in [6.45, 7) is 5.17. The Bertz CT molecular complexity index is 1590. The van der Waals surface area contributed by atoms with E-state index in [1.165, 1.54) is 7.11 Å². The molecular formula is C29H28N3O7S-. The number of nitrogens with zero attached hydrogens (tertiary/aromatic N) is 1. The topological polar surface area (TPSA) is 155 Å². The van der Waals surface area contributed by atoms with Gasteiger partial charge in [0.1, 0.15) is 11.6 Å². The number of aryl methyl sites for hydroxylation is 1. The minimum atomic E-state index is -2.70. The Morgan fingerprint density at radius 3 is 2.12 bits per heavy atom. The zero-order chi connectivity index (χ0) is 29.1. The minimum absolute atomic E-state index is 0.0790. The van der Waals surface area contributed by atoms with Gasteiger partial charge in [-0.3, -0.25) is 18.1 Å². The molecule has 0 aliphatic rings. The smallest absolute Gasteiger partial charge is 0.329 e.